The van der Waals surface area contributed by atoms with Crippen LogP contribution in [-0.2, 0) is 0 Å². The highest BCUT2D eigenvalue weighted by Gasteiger charge is 2.36. The fraction of sp³-hybridized carbons (Fsp3) is 0.917. The summed E-state index contributed by atoms with van der Waals surface area (Å²) < 4.78 is 0. The third kappa shape index (κ3) is 2.24. The molecule has 1 radical (unpaired) electrons. The highest BCUT2D eigenvalue weighted by Crippen LogP contribution is 2.46. The van der Waals surface area contributed by atoms with Gasteiger partial charge in [-0.15, -0.1) is 0 Å². The highest BCUT2D eigenvalue weighted by molar-refractivity contribution is 4.88. The molecule has 0 saturated heterocycles. The molecule has 0 fully saturated rings. The van der Waals surface area contributed by atoms with Crippen LogP contribution >= 0.6 is 0 Å². The molecule has 1 unspecified atom stereocenters. The minimum absolute atomic E-state index is 0.420. The van der Waals surface area contributed by atoms with Crippen molar-refractivity contribution < 1.29 is 0 Å². The van der Waals surface area contributed by atoms with Gasteiger partial charge in [-0.3, -0.25) is 0 Å². The predicted octanol–water partition coefficient (Wildman–Crippen LogP) is 4.45. The Hall–Kier alpha value is 0. The first-order chi connectivity index (χ1) is 5.43. The Labute approximate surface area is 78.8 Å². The van der Waals surface area contributed by atoms with Crippen molar-refractivity contribution in [2.24, 2.45) is 10.8 Å². The number of hydrogen-bond donors (Lipinski definition) is 0. The maximum atomic E-state index is 4.08. The van der Waals surface area contributed by atoms with Crippen LogP contribution in [0.1, 0.15) is 60.3 Å². The van der Waals surface area contributed by atoms with E-state index in [4.69, 9.17) is 0 Å². The van der Waals surface area contributed by atoms with Crippen LogP contribution in [0, 0.1) is 17.8 Å². The van der Waals surface area contributed by atoms with Crippen LogP contribution in [0.5, 0.6) is 0 Å². The van der Waals surface area contributed by atoms with Gasteiger partial charge >= 0.3 is 0 Å². The van der Waals surface area contributed by atoms with Crippen LogP contribution in [0.15, 0.2) is 0 Å². The second-order valence-corrected chi connectivity index (χ2v) is 4.80. The smallest absolute Gasteiger partial charge is 0.0277 e. The van der Waals surface area contributed by atoms with Gasteiger partial charge in [0.1, 0.15) is 0 Å². The molecule has 0 aromatic heterocycles. The van der Waals surface area contributed by atoms with Gasteiger partial charge in [-0.1, -0.05) is 54.4 Å². The molecule has 0 saturated carbocycles. The van der Waals surface area contributed by atoms with E-state index in [1.54, 1.807) is 0 Å². The van der Waals surface area contributed by atoms with Crippen molar-refractivity contribution in [1.29, 1.82) is 0 Å². The summed E-state index contributed by atoms with van der Waals surface area (Å²) >= 11 is 0. The molecule has 1 atom stereocenters. The Morgan fingerprint density at radius 3 is 1.83 bits per heavy atom. The van der Waals surface area contributed by atoms with E-state index in [-0.39, 0.29) is 0 Å². The zero-order valence-corrected chi connectivity index (χ0v) is 9.54. The third-order valence-electron chi connectivity index (χ3n) is 3.84. The molecule has 0 aliphatic carbocycles. The lowest BCUT2D eigenvalue weighted by atomic mass is 9.62. The van der Waals surface area contributed by atoms with Crippen LogP contribution < -0.4 is 0 Å². The first-order valence-corrected chi connectivity index (χ1v) is 5.22. The van der Waals surface area contributed by atoms with E-state index in [1.165, 1.54) is 19.3 Å². The molecule has 73 valence electrons. The van der Waals surface area contributed by atoms with E-state index in [9.17, 15) is 0 Å². The topological polar surface area (TPSA) is 0 Å². The average molecular weight is 169 g/mol. The Morgan fingerprint density at radius 1 is 1.08 bits per heavy atom. The normalized spacial score (nSPS) is 13.5. The van der Waals surface area contributed by atoms with Crippen molar-refractivity contribution in [2.45, 2.75) is 60.3 Å². The van der Waals surface area contributed by atoms with Crippen LogP contribution in [0.3, 0.4) is 0 Å². The monoisotopic (exact) mass is 169 g/mol. The Bertz CT molecular complexity index is 118. The van der Waals surface area contributed by atoms with Crippen LogP contribution in [0.25, 0.3) is 0 Å². The zero-order chi connectivity index (χ0) is 9.83. The molecule has 0 aliphatic heterocycles. The van der Waals surface area contributed by atoms with Crippen molar-refractivity contribution in [3.8, 4) is 0 Å². The van der Waals surface area contributed by atoms with E-state index in [0.29, 0.717) is 10.8 Å². The van der Waals surface area contributed by atoms with Crippen LogP contribution in [-0.4, -0.2) is 0 Å². The molecule has 0 N–H and O–H groups in total. The van der Waals surface area contributed by atoms with Crippen LogP contribution in [0.4, 0.5) is 0 Å². The van der Waals surface area contributed by atoms with Gasteiger partial charge in [0.15, 0.2) is 0 Å². The maximum Gasteiger partial charge on any atom is -0.0277 e. The second-order valence-electron chi connectivity index (χ2n) is 4.80. The van der Waals surface area contributed by atoms with Gasteiger partial charge in [0.05, 0.1) is 0 Å². The van der Waals surface area contributed by atoms with Crippen molar-refractivity contribution in [2.75, 3.05) is 0 Å². The van der Waals surface area contributed by atoms with Gasteiger partial charge in [-0.2, -0.15) is 0 Å². The Morgan fingerprint density at radius 2 is 1.58 bits per heavy atom. The van der Waals surface area contributed by atoms with E-state index in [2.05, 4.69) is 41.5 Å². The molecule has 0 spiro atoms. The fourth-order valence-corrected chi connectivity index (χ4v) is 1.92. The van der Waals surface area contributed by atoms with Gasteiger partial charge in [0.2, 0.25) is 0 Å². The quantitative estimate of drug-likeness (QED) is 0.570. The number of rotatable bonds is 5. The summed E-state index contributed by atoms with van der Waals surface area (Å²) in [6.45, 7) is 15.8. The van der Waals surface area contributed by atoms with Crippen LogP contribution in [0.2, 0.25) is 0 Å². The van der Waals surface area contributed by atoms with E-state index >= 15 is 0 Å². The summed E-state index contributed by atoms with van der Waals surface area (Å²) in [5.74, 6) is 0. The lowest BCUT2D eigenvalue weighted by Crippen LogP contribution is -2.34. The first-order valence-electron chi connectivity index (χ1n) is 5.22. The SMILES string of the molecule is [CH2]CC(C)(CC)C(C)(C)CCC. The summed E-state index contributed by atoms with van der Waals surface area (Å²) in [5.41, 5.74) is 0.862. The molecule has 0 aliphatic rings. The van der Waals surface area contributed by atoms with Crippen molar-refractivity contribution in [3.05, 3.63) is 6.92 Å². The molecular formula is C12H25. The average Bonchev–Trinajstić information content (AvgIpc) is 2.02. The molecule has 0 aromatic rings. The molecular weight excluding hydrogens is 144 g/mol. The minimum atomic E-state index is 0.420. The molecule has 0 bridgehead atoms. The second kappa shape index (κ2) is 4.30. The molecule has 0 heterocycles. The number of hydrogen-bond acceptors (Lipinski definition) is 0. The first kappa shape index (κ1) is 12.0. The zero-order valence-electron chi connectivity index (χ0n) is 9.54. The molecule has 0 amide bonds. The van der Waals surface area contributed by atoms with E-state index in [0.717, 1.165) is 6.42 Å². The maximum absolute atomic E-state index is 4.08. The van der Waals surface area contributed by atoms with Gasteiger partial charge in [-0.25, -0.2) is 0 Å². The molecule has 0 rings (SSSR count). The lowest BCUT2D eigenvalue weighted by molar-refractivity contribution is 0.0743. The lowest BCUT2D eigenvalue weighted by Gasteiger charge is -2.43. The van der Waals surface area contributed by atoms with E-state index < -0.39 is 0 Å². The standard InChI is InChI=1S/C12H25/c1-7-10-11(4,5)12(6,8-2)9-3/h2,7-10H2,1,3-6H3. The largest absolute Gasteiger partial charge is 0.0654 e. The van der Waals surface area contributed by atoms with Gasteiger partial charge in [0.25, 0.3) is 0 Å². The predicted molar refractivity (Wildman–Crippen MR) is 57.1 cm³/mol. The summed E-state index contributed by atoms with van der Waals surface area (Å²) in [7, 11) is 0. The summed E-state index contributed by atoms with van der Waals surface area (Å²) in [6, 6.07) is 0. The van der Waals surface area contributed by atoms with Gasteiger partial charge in [-0.05, 0) is 23.7 Å². The van der Waals surface area contributed by atoms with E-state index in [1.807, 2.05) is 0 Å². The van der Waals surface area contributed by atoms with Crippen molar-refractivity contribution in [1.82, 2.24) is 0 Å². The van der Waals surface area contributed by atoms with Gasteiger partial charge in [0, 0.05) is 0 Å². The fourth-order valence-electron chi connectivity index (χ4n) is 1.92. The third-order valence-corrected chi connectivity index (χ3v) is 3.84. The molecule has 0 aromatic carbocycles. The molecule has 12 heavy (non-hydrogen) atoms. The van der Waals surface area contributed by atoms with Crippen molar-refractivity contribution in [3.63, 3.8) is 0 Å². The van der Waals surface area contributed by atoms with Crippen molar-refractivity contribution >= 4 is 0 Å². The minimum Gasteiger partial charge on any atom is -0.0654 e. The molecule has 0 nitrogen and oxygen atoms in total. The van der Waals surface area contributed by atoms with Gasteiger partial charge < -0.3 is 0 Å². The summed E-state index contributed by atoms with van der Waals surface area (Å²) in [5, 5.41) is 0. The highest BCUT2D eigenvalue weighted by atomic mass is 14.4. The summed E-state index contributed by atoms with van der Waals surface area (Å²) in [6.07, 6.45) is 4.88. The summed E-state index contributed by atoms with van der Waals surface area (Å²) in [4.78, 5) is 0. The molecule has 0 heteroatoms. The Kier molecular flexibility index (Phi) is 4.30. The Balaban J connectivity index is 4.46.